The Kier molecular flexibility index (Phi) is 6.41. The molecule has 0 spiro atoms. The van der Waals surface area contributed by atoms with E-state index in [1.165, 1.54) is 24.3 Å². The Hall–Kier alpha value is -3.03. The van der Waals surface area contributed by atoms with Gasteiger partial charge < -0.3 is 15.4 Å². The molecule has 0 unspecified atom stereocenters. The van der Waals surface area contributed by atoms with Crippen molar-refractivity contribution >= 4 is 38.8 Å². The quantitative estimate of drug-likeness (QED) is 0.578. The predicted molar refractivity (Wildman–Crippen MR) is 114 cm³/mol. The van der Waals surface area contributed by atoms with Gasteiger partial charge in [0, 0.05) is 22.5 Å². The number of nitrogens with one attached hydrogen (secondary N) is 2. The van der Waals surface area contributed by atoms with Gasteiger partial charge in [0.15, 0.2) is 9.84 Å². The second-order valence-electron chi connectivity index (χ2n) is 6.22. The number of carbonyl (C=O) groups is 1. The van der Waals surface area contributed by atoms with Gasteiger partial charge in [-0.2, -0.15) is 0 Å². The summed E-state index contributed by atoms with van der Waals surface area (Å²) in [6.07, 6.45) is 0. The molecule has 6 nitrogen and oxygen atoms in total. The van der Waals surface area contributed by atoms with Crippen molar-refractivity contribution < 1.29 is 17.9 Å². The van der Waals surface area contributed by atoms with Gasteiger partial charge in [-0.25, -0.2) is 13.2 Å². The van der Waals surface area contributed by atoms with E-state index >= 15 is 0 Å². The number of amides is 2. The molecule has 0 aliphatic carbocycles. The van der Waals surface area contributed by atoms with Crippen molar-refractivity contribution in [1.29, 1.82) is 0 Å². The van der Waals surface area contributed by atoms with Crippen LogP contribution in [0, 0.1) is 0 Å². The zero-order valence-electron chi connectivity index (χ0n) is 15.6. The van der Waals surface area contributed by atoms with E-state index in [2.05, 4.69) is 10.6 Å². The molecular formula is C21H19ClN2O4S. The minimum absolute atomic E-state index is 0.156. The fraction of sp³-hybridized carbons (Fsp3) is 0.0952. The Morgan fingerprint density at radius 2 is 1.62 bits per heavy atom. The lowest BCUT2D eigenvalue weighted by Gasteiger charge is -2.10. The summed E-state index contributed by atoms with van der Waals surface area (Å²) in [5, 5.41) is 5.83. The van der Waals surface area contributed by atoms with Crippen LogP contribution in [0.3, 0.4) is 0 Å². The second kappa shape index (κ2) is 8.98. The zero-order chi connectivity index (χ0) is 20.9. The molecule has 0 heterocycles. The monoisotopic (exact) mass is 430 g/mol. The highest BCUT2D eigenvalue weighted by atomic mass is 35.5. The molecule has 3 aromatic carbocycles. The molecule has 0 saturated carbocycles. The number of sulfone groups is 1. The second-order valence-corrected chi connectivity index (χ2v) is 8.65. The number of halogens is 1. The van der Waals surface area contributed by atoms with Gasteiger partial charge in [0.05, 0.1) is 17.8 Å². The van der Waals surface area contributed by atoms with E-state index in [1.807, 2.05) is 0 Å². The van der Waals surface area contributed by atoms with E-state index in [-0.39, 0.29) is 10.6 Å². The first-order chi connectivity index (χ1) is 13.9. The lowest BCUT2D eigenvalue weighted by molar-refractivity contribution is 0.262. The SMILES string of the molecule is COc1cccc(NC(=O)Nc2ccc(S(=O)(=O)Cc3cccc(Cl)c3)cc2)c1. The Balaban J connectivity index is 1.65. The first kappa shape index (κ1) is 20.7. The number of ether oxygens (including phenoxy) is 1. The highest BCUT2D eigenvalue weighted by Gasteiger charge is 2.16. The topological polar surface area (TPSA) is 84.5 Å². The van der Waals surface area contributed by atoms with E-state index in [0.29, 0.717) is 27.7 Å². The van der Waals surface area contributed by atoms with Crippen molar-refractivity contribution in [1.82, 2.24) is 0 Å². The Labute approximate surface area is 174 Å². The maximum absolute atomic E-state index is 12.6. The highest BCUT2D eigenvalue weighted by Crippen LogP contribution is 2.21. The van der Waals surface area contributed by atoms with Gasteiger partial charge in [0.25, 0.3) is 0 Å². The molecule has 3 rings (SSSR count). The Morgan fingerprint density at radius 3 is 2.31 bits per heavy atom. The molecule has 0 saturated heterocycles. The number of carbonyl (C=O) groups excluding carboxylic acids is 1. The van der Waals surface area contributed by atoms with Crippen LogP contribution in [0.4, 0.5) is 16.2 Å². The minimum atomic E-state index is -3.53. The molecule has 2 amide bonds. The number of anilines is 2. The molecule has 0 aromatic heterocycles. The van der Waals surface area contributed by atoms with Crippen LogP contribution in [0.15, 0.2) is 77.7 Å². The average Bonchev–Trinajstić information content (AvgIpc) is 2.68. The van der Waals surface area contributed by atoms with Crippen molar-refractivity contribution in [2.24, 2.45) is 0 Å². The van der Waals surface area contributed by atoms with Crippen molar-refractivity contribution in [2.75, 3.05) is 17.7 Å². The molecule has 0 bridgehead atoms. The van der Waals surface area contributed by atoms with Crippen LogP contribution in [0.25, 0.3) is 0 Å². The van der Waals surface area contributed by atoms with Gasteiger partial charge in [0.1, 0.15) is 5.75 Å². The van der Waals surface area contributed by atoms with E-state index in [4.69, 9.17) is 16.3 Å². The molecule has 0 aliphatic rings. The van der Waals surface area contributed by atoms with Gasteiger partial charge in [-0.3, -0.25) is 0 Å². The molecule has 0 radical (unpaired) electrons. The summed E-state index contributed by atoms with van der Waals surface area (Å²) < 4.78 is 30.3. The van der Waals surface area contributed by atoms with Gasteiger partial charge in [-0.05, 0) is 54.1 Å². The predicted octanol–water partition coefficient (Wildman–Crippen LogP) is 4.97. The number of rotatable bonds is 6. The number of methoxy groups -OCH3 is 1. The van der Waals surface area contributed by atoms with E-state index in [1.54, 1.807) is 55.6 Å². The van der Waals surface area contributed by atoms with E-state index in [9.17, 15) is 13.2 Å². The van der Waals surface area contributed by atoms with Crippen LogP contribution in [-0.4, -0.2) is 21.6 Å². The summed E-state index contributed by atoms with van der Waals surface area (Å²) in [7, 11) is -1.99. The summed E-state index contributed by atoms with van der Waals surface area (Å²) in [4.78, 5) is 12.3. The van der Waals surface area contributed by atoms with Crippen molar-refractivity contribution in [3.05, 3.63) is 83.4 Å². The van der Waals surface area contributed by atoms with Gasteiger partial charge in [0.2, 0.25) is 0 Å². The summed E-state index contributed by atoms with van der Waals surface area (Å²) in [5.74, 6) is 0.466. The Morgan fingerprint density at radius 1 is 0.931 bits per heavy atom. The number of benzene rings is 3. The molecule has 3 aromatic rings. The molecule has 0 fully saturated rings. The number of hydrogen-bond acceptors (Lipinski definition) is 4. The lowest BCUT2D eigenvalue weighted by atomic mass is 10.2. The lowest BCUT2D eigenvalue weighted by Crippen LogP contribution is -2.19. The van der Waals surface area contributed by atoms with Crippen molar-refractivity contribution in [3.63, 3.8) is 0 Å². The fourth-order valence-electron chi connectivity index (χ4n) is 2.67. The minimum Gasteiger partial charge on any atom is -0.497 e. The summed E-state index contributed by atoms with van der Waals surface area (Å²) in [6.45, 7) is 0. The first-order valence-corrected chi connectivity index (χ1v) is 10.7. The van der Waals surface area contributed by atoms with E-state index < -0.39 is 15.9 Å². The van der Waals surface area contributed by atoms with Crippen LogP contribution < -0.4 is 15.4 Å². The molecule has 0 atom stereocenters. The van der Waals surface area contributed by atoms with Crippen LogP contribution in [0.1, 0.15) is 5.56 Å². The fourth-order valence-corrected chi connectivity index (χ4v) is 4.22. The van der Waals surface area contributed by atoms with Crippen molar-refractivity contribution in [3.8, 4) is 5.75 Å². The maximum Gasteiger partial charge on any atom is 0.323 e. The van der Waals surface area contributed by atoms with Crippen LogP contribution >= 0.6 is 11.6 Å². The highest BCUT2D eigenvalue weighted by molar-refractivity contribution is 7.90. The van der Waals surface area contributed by atoms with Crippen LogP contribution in [0.2, 0.25) is 5.02 Å². The largest absolute Gasteiger partial charge is 0.497 e. The van der Waals surface area contributed by atoms with Gasteiger partial charge >= 0.3 is 6.03 Å². The smallest absolute Gasteiger partial charge is 0.323 e. The molecule has 2 N–H and O–H groups in total. The Bertz CT molecular complexity index is 1120. The standard InChI is InChI=1S/C21H19ClN2O4S/c1-28-19-7-3-6-18(13-19)24-21(25)23-17-8-10-20(11-9-17)29(26,27)14-15-4-2-5-16(22)12-15/h2-13H,14H2,1H3,(H2,23,24,25). The zero-order valence-corrected chi connectivity index (χ0v) is 17.1. The third-order valence-electron chi connectivity index (χ3n) is 4.04. The third-order valence-corrected chi connectivity index (χ3v) is 5.98. The molecule has 0 aliphatic heterocycles. The third kappa shape index (κ3) is 5.73. The first-order valence-electron chi connectivity index (χ1n) is 8.65. The van der Waals surface area contributed by atoms with Crippen LogP contribution in [0.5, 0.6) is 5.75 Å². The normalized spacial score (nSPS) is 11.0. The molecule has 29 heavy (non-hydrogen) atoms. The number of urea groups is 1. The summed E-state index contributed by atoms with van der Waals surface area (Å²) >= 11 is 5.92. The summed E-state index contributed by atoms with van der Waals surface area (Å²) in [6, 6.07) is 19.2. The van der Waals surface area contributed by atoms with Gasteiger partial charge in [-0.15, -0.1) is 0 Å². The van der Waals surface area contributed by atoms with Crippen molar-refractivity contribution in [2.45, 2.75) is 10.6 Å². The number of hydrogen-bond donors (Lipinski definition) is 2. The average molecular weight is 431 g/mol. The molecular weight excluding hydrogens is 412 g/mol. The molecule has 8 heteroatoms. The van der Waals surface area contributed by atoms with Gasteiger partial charge in [-0.1, -0.05) is 29.8 Å². The molecule has 150 valence electrons. The summed E-state index contributed by atoms with van der Waals surface area (Å²) in [5.41, 5.74) is 1.65. The van der Waals surface area contributed by atoms with E-state index in [0.717, 1.165) is 0 Å². The maximum atomic E-state index is 12.6. The van der Waals surface area contributed by atoms with Crippen LogP contribution in [-0.2, 0) is 15.6 Å².